The van der Waals surface area contributed by atoms with Gasteiger partial charge < -0.3 is 10.1 Å². The Morgan fingerprint density at radius 1 is 1.54 bits per heavy atom. The number of alkyl halides is 1. The van der Waals surface area contributed by atoms with E-state index in [1.165, 1.54) is 0 Å². The number of hydrogen-bond acceptors (Lipinski definition) is 2. The summed E-state index contributed by atoms with van der Waals surface area (Å²) >= 11 is 3.29. The first kappa shape index (κ1) is 12.9. The Bertz CT molecular complexity index is 153. The Morgan fingerprint density at radius 2 is 2.15 bits per heavy atom. The molecule has 0 heterocycles. The maximum Gasteiger partial charge on any atom is 0.234 e. The van der Waals surface area contributed by atoms with Gasteiger partial charge in [0.25, 0.3) is 0 Å². The molecule has 0 aromatic carbocycles. The molecule has 0 aromatic heterocycles. The molecule has 3 nitrogen and oxygen atoms in total. The van der Waals surface area contributed by atoms with Crippen LogP contribution in [0.5, 0.6) is 0 Å². The minimum Gasteiger partial charge on any atom is -0.380 e. The van der Waals surface area contributed by atoms with E-state index in [1.54, 1.807) is 0 Å². The van der Waals surface area contributed by atoms with Gasteiger partial charge in [0.2, 0.25) is 5.91 Å². The number of carbonyl (C=O) groups excluding carboxylic acids is 1. The molecule has 1 N–H and O–H groups in total. The van der Waals surface area contributed by atoms with Crippen LogP contribution in [0.3, 0.4) is 0 Å². The van der Waals surface area contributed by atoms with Gasteiger partial charge in [-0.2, -0.15) is 0 Å². The van der Waals surface area contributed by atoms with E-state index in [1.807, 2.05) is 20.8 Å². The van der Waals surface area contributed by atoms with E-state index < -0.39 is 0 Å². The third kappa shape index (κ3) is 6.05. The lowest BCUT2D eigenvalue weighted by Crippen LogP contribution is -2.39. The van der Waals surface area contributed by atoms with Crippen LogP contribution in [0.4, 0.5) is 0 Å². The van der Waals surface area contributed by atoms with Gasteiger partial charge in [-0.1, -0.05) is 22.9 Å². The van der Waals surface area contributed by atoms with Crippen molar-refractivity contribution in [2.45, 2.75) is 38.1 Å². The van der Waals surface area contributed by atoms with Gasteiger partial charge in [-0.25, -0.2) is 0 Å². The molecule has 0 aromatic rings. The predicted molar refractivity (Wildman–Crippen MR) is 57.1 cm³/mol. The smallest absolute Gasteiger partial charge is 0.234 e. The normalized spacial score (nSPS) is 15.1. The zero-order chi connectivity index (χ0) is 10.3. The van der Waals surface area contributed by atoms with Crippen molar-refractivity contribution >= 4 is 21.8 Å². The van der Waals surface area contributed by atoms with Crippen LogP contribution in [-0.2, 0) is 9.53 Å². The molecule has 2 unspecified atom stereocenters. The van der Waals surface area contributed by atoms with Crippen LogP contribution in [0, 0.1) is 0 Å². The van der Waals surface area contributed by atoms with E-state index >= 15 is 0 Å². The van der Waals surface area contributed by atoms with Crippen molar-refractivity contribution < 1.29 is 9.53 Å². The first-order valence-corrected chi connectivity index (χ1v) is 5.55. The Kier molecular flexibility index (Phi) is 7.28. The zero-order valence-corrected chi connectivity index (χ0v) is 10.1. The van der Waals surface area contributed by atoms with E-state index in [-0.39, 0.29) is 16.8 Å². The number of ether oxygens (including phenoxy) is 1. The molecule has 0 fully saturated rings. The Labute approximate surface area is 88.4 Å². The molecule has 0 rings (SSSR count). The van der Waals surface area contributed by atoms with Gasteiger partial charge in [-0.15, -0.1) is 0 Å². The van der Waals surface area contributed by atoms with Crippen molar-refractivity contribution in [2.75, 3.05) is 13.2 Å². The van der Waals surface area contributed by atoms with Gasteiger partial charge in [-0.05, 0) is 20.3 Å². The summed E-state index contributed by atoms with van der Waals surface area (Å²) in [4.78, 5) is 11.2. The molecule has 0 bridgehead atoms. The second kappa shape index (κ2) is 7.33. The van der Waals surface area contributed by atoms with Gasteiger partial charge in [-0.3, -0.25) is 4.79 Å². The van der Waals surface area contributed by atoms with Crippen molar-refractivity contribution in [3.63, 3.8) is 0 Å². The van der Waals surface area contributed by atoms with Gasteiger partial charge in [0.05, 0.1) is 11.4 Å². The number of carbonyl (C=O) groups is 1. The minimum absolute atomic E-state index is 0.0368. The van der Waals surface area contributed by atoms with Crippen LogP contribution in [0.15, 0.2) is 0 Å². The zero-order valence-electron chi connectivity index (χ0n) is 8.47. The van der Waals surface area contributed by atoms with E-state index in [9.17, 15) is 4.79 Å². The standard InChI is InChI=1S/C9H18BrNO2/c1-4-8(10)9(12)11-7(3)6-13-5-2/h7-8H,4-6H2,1-3H3,(H,11,12). The van der Waals surface area contributed by atoms with Crippen molar-refractivity contribution in [1.29, 1.82) is 0 Å². The summed E-state index contributed by atoms with van der Waals surface area (Å²) in [6, 6.07) is 0.0825. The summed E-state index contributed by atoms with van der Waals surface area (Å²) in [5.41, 5.74) is 0. The molecule has 0 aliphatic heterocycles. The second-order valence-corrected chi connectivity index (χ2v) is 4.05. The first-order valence-electron chi connectivity index (χ1n) is 4.64. The van der Waals surface area contributed by atoms with Crippen molar-refractivity contribution in [1.82, 2.24) is 5.32 Å². The summed E-state index contributed by atoms with van der Waals surface area (Å²) in [7, 11) is 0. The fraction of sp³-hybridized carbons (Fsp3) is 0.889. The highest BCUT2D eigenvalue weighted by Crippen LogP contribution is 2.04. The van der Waals surface area contributed by atoms with Crippen molar-refractivity contribution in [3.05, 3.63) is 0 Å². The average Bonchev–Trinajstić information content (AvgIpc) is 2.13. The van der Waals surface area contributed by atoms with E-state index in [4.69, 9.17) is 4.74 Å². The van der Waals surface area contributed by atoms with E-state index in [0.717, 1.165) is 6.42 Å². The van der Waals surface area contributed by atoms with Crippen LogP contribution in [0.1, 0.15) is 27.2 Å². The molecule has 0 saturated carbocycles. The van der Waals surface area contributed by atoms with E-state index in [2.05, 4.69) is 21.2 Å². The fourth-order valence-corrected chi connectivity index (χ4v) is 0.987. The molecule has 0 saturated heterocycles. The Morgan fingerprint density at radius 3 is 2.62 bits per heavy atom. The summed E-state index contributed by atoms with van der Waals surface area (Å²) in [6.45, 7) is 7.10. The number of halogens is 1. The summed E-state index contributed by atoms with van der Waals surface area (Å²) in [6.07, 6.45) is 0.799. The van der Waals surface area contributed by atoms with Crippen molar-refractivity contribution in [2.24, 2.45) is 0 Å². The lowest BCUT2D eigenvalue weighted by molar-refractivity contribution is -0.121. The highest BCUT2D eigenvalue weighted by Gasteiger charge is 2.14. The lowest BCUT2D eigenvalue weighted by atomic mass is 10.3. The topological polar surface area (TPSA) is 38.3 Å². The molecule has 2 atom stereocenters. The fourth-order valence-electron chi connectivity index (χ4n) is 0.855. The van der Waals surface area contributed by atoms with Gasteiger partial charge in [0.15, 0.2) is 0 Å². The predicted octanol–water partition coefficient (Wildman–Crippen LogP) is 1.70. The number of amides is 1. The van der Waals surface area contributed by atoms with Gasteiger partial charge in [0.1, 0.15) is 0 Å². The molecule has 0 aliphatic carbocycles. The Balaban J connectivity index is 3.64. The van der Waals surface area contributed by atoms with Crippen LogP contribution in [0.25, 0.3) is 0 Å². The monoisotopic (exact) mass is 251 g/mol. The Hall–Kier alpha value is -0.0900. The summed E-state index contributed by atoms with van der Waals surface area (Å²) < 4.78 is 5.18. The molecular formula is C9H18BrNO2. The van der Waals surface area contributed by atoms with Crippen LogP contribution >= 0.6 is 15.9 Å². The maximum atomic E-state index is 11.3. The number of nitrogens with one attached hydrogen (secondary N) is 1. The molecule has 13 heavy (non-hydrogen) atoms. The molecule has 78 valence electrons. The molecular weight excluding hydrogens is 234 g/mol. The van der Waals surface area contributed by atoms with Crippen LogP contribution in [-0.4, -0.2) is 30.0 Å². The van der Waals surface area contributed by atoms with Crippen LogP contribution < -0.4 is 5.32 Å². The molecule has 0 radical (unpaired) electrons. The van der Waals surface area contributed by atoms with Gasteiger partial charge >= 0.3 is 0 Å². The van der Waals surface area contributed by atoms with Crippen LogP contribution in [0.2, 0.25) is 0 Å². The third-order valence-corrected chi connectivity index (χ3v) is 2.67. The molecule has 0 spiro atoms. The van der Waals surface area contributed by atoms with Crippen molar-refractivity contribution in [3.8, 4) is 0 Å². The number of hydrogen-bond donors (Lipinski definition) is 1. The average molecular weight is 252 g/mol. The maximum absolute atomic E-state index is 11.3. The molecule has 1 amide bonds. The largest absolute Gasteiger partial charge is 0.380 e. The molecule has 0 aliphatic rings. The minimum atomic E-state index is -0.0865. The summed E-state index contributed by atoms with van der Waals surface area (Å²) in [5, 5.41) is 2.85. The lowest BCUT2D eigenvalue weighted by Gasteiger charge is -2.15. The second-order valence-electron chi connectivity index (χ2n) is 2.94. The third-order valence-electron chi connectivity index (χ3n) is 1.60. The number of rotatable bonds is 6. The molecule has 4 heteroatoms. The summed E-state index contributed by atoms with van der Waals surface area (Å²) in [5.74, 6) is 0.0368. The highest BCUT2D eigenvalue weighted by atomic mass is 79.9. The first-order chi connectivity index (χ1) is 6.11. The quantitative estimate of drug-likeness (QED) is 0.731. The highest BCUT2D eigenvalue weighted by molar-refractivity contribution is 9.10. The SMILES string of the molecule is CCOCC(C)NC(=O)C(Br)CC. The van der Waals surface area contributed by atoms with E-state index in [0.29, 0.717) is 13.2 Å². The van der Waals surface area contributed by atoms with Gasteiger partial charge in [0, 0.05) is 12.6 Å².